The van der Waals surface area contributed by atoms with Crippen molar-refractivity contribution in [1.29, 1.82) is 0 Å². The van der Waals surface area contributed by atoms with Crippen LogP contribution in [0.15, 0.2) is 39.9 Å². The molecular formula is C14H17NO4S2. The van der Waals surface area contributed by atoms with Gasteiger partial charge in [0, 0.05) is 6.54 Å². The van der Waals surface area contributed by atoms with Crippen LogP contribution >= 0.6 is 11.3 Å². The standard InChI is InChI=1S/C14H17NO4S2/c1-11-5-6-12(13(10-11)18-2)19-8-7-15-21(16,17)14-4-3-9-20-14/h3-6,9-10,15H,7-8H2,1-2H3. The fourth-order valence-corrected chi connectivity index (χ4v) is 3.77. The molecule has 0 spiro atoms. The van der Waals surface area contributed by atoms with Gasteiger partial charge in [0.25, 0.3) is 0 Å². The molecular weight excluding hydrogens is 310 g/mol. The Morgan fingerprint density at radius 2 is 2.05 bits per heavy atom. The molecule has 1 aromatic carbocycles. The van der Waals surface area contributed by atoms with E-state index in [9.17, 15) is 8.42 Å². The van der Waals surface area contributed by atoms with Gasteiger partial charge in [0.1, 0.15) is 10.8 Å². The zero-order valence-corrected chi connectivity index (χ0v) is 13.5. The van der Waals surface area contributed by atoms with Crippen molar-refractivity contribution in [2.24, 2.45) is 0 Å². The van der Waals surface area contributed by atoms with Crippen LogP contribution < -0.4 is 14.2 Å². The first-order chi connectivity index (χ1) is 10.0. The summed E-state index contributed by atoms with van der Waals surface area (Å²) in [6.07, 6.45) is 0. The zero-order valence-electron chi connectivity index (χ0n) is 11.8. The molecule has 5 nitrogen and oxygen atoms in total. The first-order valence-electron chi connectivity index (χ1n) is 6.33. The van der Waals surface area contributed by atoms with E-state index in [-0.39, 0.29) is 13.2 Å². The molecule has 0 saturated carbocycles. The molecule has 0 aliphatic heterocycles. The second kappa shape index (κ2) is 6.93. The molecule has 1 N–H and O–H groups in total. The molecule has 7 heteroatoms. The number of hydrogen-bond donors (Lipinski definition) is 1. The minimum atomic E-state index is -3.44. The summed E-state index contributed by atoms with van der Waals surface area (Å²) in [4.78, 5) is 0. The number of sulfonamides is 1. The quantitative estimate of drug-likeness (QED) is 0.793. The van der Waals surface area contributed by atoms with Crippen molar-refractivity contribution in [3.63, 3.8) is 0 Å². The molecule has 0 radical (unpaired) electrons. The van der Waals surface area contributed by atoms with E-state index in [1.54, 1.807) is 24.6 Å². The fraction of sp³-hybridized carbons (Fsp3) is 0.286. The Hall–Kier alpha value is -1.57. The van der Waals surface area contributed by atoms with Gasteiger partial charge >= 0.3 is 0 Å². The molecule has 0 aliphatic rings. The smallest absolute Gasteiger partial charge is 0.250 e. The molecule has 114 valence electrons. The molecule has 0 fully saturated rings. The summed E-state index contributed by atoms with van der Waals surface area (Å²) in [5, 5.41) is 1.72. The number of thiophene rings is 1. The van der Waals surface area contributed by atoms with Crippen molar-refractivity contribution in [2.75, 3.05) is 20.3 Å². The molecule has 1 heterocycles. The number of nitrogens with one attached hydrogen (secondary N) is 1. The van der Waals surface area contributed by atoms with Crippen LogP contribution in [0.5, 0.6) is 11.5 Å². The number of aryl methyl sites for hydroxylation is 1. The number of rotatable bonds is 7. The molecule has 1 aromatic heterocycles. The van der Waals surface area contributed by atoms with Crippen LogP contribution in [0.3, 0.4) is 0 Å². The summed E-state index contributed by atoms with van der Waals surface area (Å²) in [5.74, 6) is 1.23. The first-order valence-corrected chi connectivity index (χ1v) is 8.70. The summed E-state index contributed by atoms with van der Waals surface area (Å²) in [6.45, 7) is 2.38. The lowest BCUT2D eigenvalue weighted by Crippen LogP contribution is -2.27. The third-order valence-corrected chi connectivity index (χ3v) is 5.59. The second-order valence-electron chi connectivity index (χ2n) is 4.33. The predicted octanol–water partition coefficient (Wildman–Crippen LogP) is 2.42. The molecule has 0 saturated heterocycles. The van der Waals surface area contributed by atoms with Gasteiger partial charge in [-0.15, -0.1) is 11.3 Å². The van der Waals surface area contributed by atoms with Gasteiger partial charge in [0.15, 0.2) is 11.5 Å². The van der Waals surface area contributed by atoms with Crippen LogP contribution in [0.4, 0.5) is 0 Å². The summed E-state index contributed by atoms with van der Waals surface area (Å²) in [5.41, 5.74) is 1.07. The molecule has 0 atom stereocenters. The van der Waals surface area contributed by atoms with E-state index in [1.807, 2.05) is 25.1 Å². The van der Waals surface area contributed by atoms with Crippen LogP contribution in [0.1, 0.15) is 5.56 Å². The van der Waals surface area contributed by atoms with Gasteiger partial charge in [-0.1, -0.05) is 12.1 Å². The lowest BCUT2D eigenvalue weighted by molar-refractivity contribution is 0.298. The Bertz CT molecular complexity index is 681. The predicted molar refractivity (Wildman–Crippen MR) is 82.7 cm³/mol. The summed E-state index contributed by atoms with van der Waals surface area (Å²) in [7, 11) is -1.87. The Kier molecular flexibility index (Phi) is 5.22. The van der Waals surface area contributed by atoms with Gasteiger partial charge in [-0.25, -0.2) is 13.1 Å². The molecule has 0 amide bonds. The van der Waals surface area contributed by atoms with Crippen LogP contribution in [0.2, 0.25) is 0 Å². The first kappa shape index (κ1) is 15.8. The van der Waals surface area contributed by atoms with E-state index in [4.69, 9.17) is 9.47 Å². The van der Waals surface area contributed by atoms with E-state index >= 15 is 0 Å². The van der Waals surface area contributed by atoms with Gasteiger partial charge < -0.3 is 9.47 Å². The van der Waals surface area contributed by atoms with E-state index in [2.05, 4.69) is 4.72 Å². The SMILES string of the molecule is COc1cc(C)ccc1OCCNS(=O)(=O)c1cccs1. The van der Waals surface area contributed by atoms with Gasteiger partial charge in [-0.2, -0.15) is 0 Å². The highest BCUT2D eigenvalue weighted by Crippen LogP contribution is 2.27. The van der Waals surface area contributed by atoms with E-state index < -0.39 is 10.0 Å². The minimum absolute atomic E-state index is 0.192. The monoisotopic (exact) mass is 327 g/mol. The molecule has 0 aliphatic carbocycles. The highest BCUT2D eigenvalue weighted by atomic mass is 32.2. The maximum atomic E-state index is 11.9. The number of benzene rings is 1. The van der Waals surface area contributed by atoms with Crippen LogP contribution in [-0.2, 0) is 10.0 Å². The third-order valence-electron chi connectivity index (χ3n) is 2.73. The van der Waals surface area contributed by atoms with Gasteiger partial charge in [0.05, 0.1) is 7.11 Å². The van der Waals surface area contributed by atoms with Gasteiger partial charge in [-0.05, 0) is 36.1 Å². The summed E-state index contributed by atoms with van der Waals surface area (Å²) < 4.78 is 37.3. The largest absolute Gasteiger partial charge is 0.493 e. The molecule has 2 aromatic rings. The average molecular weight is 327 g/mol. The second-order valence-corrected chi connectivity index (χ2v) is 7.27. The van der Waals surface area contributed by atoms with Crippen LogP contribution in [0.25, 0.3) is 0 Å². The van der Waals surface area contributed by atoms with Crippen molar-refractivity contribution < 1.29 is 17.9 Å². The number of hydrogen-bond acceptors (Lipinski definition) is 5. The maximum Gasteiger partial charge on any atom is 0.250 e. The fourth-order valence-electron chi connectivity index (χ4n) is 1.72. The van der Waals surface area contributed by atoms with Crippen LogP contribution in [-0.4, -0.2) is 28.7 Å². The van der Waals surface area contributed by atoms with Gasteiger partial charge in [-0.3, -0.25) is 0 Å². The Balaban J connectivity index is 1.88. The minimum Gasteiger partial charge on any atom is -0.493 e. The average Bonchev–Trinajstić information content (AvgIpc) is 2.99. The highest BCUT2D eigenvalue weighted by Gasteiger charge is 2.14. The molecule has 0 bridgehead atoms. The van der Waals surface area contributed by atoms with E-state index in [1.165, 1.54) is 11.3 Å². The Morgan fingerprint density at radius 1 is 1.24 bits per heavy atom. The zero-order chi connectivity index (χ0) is 15.3. The van der Waals surface area contributed by atoms with Crippen molar-refractivity contribution in [3.05, 3.63) is 41.3 Å². The van der Waals surface area contributed by atoms with Crippen molar-refractivity contribution in [1.82, 2.24) is 4.72 Å². The molecule has 2 rings (SSSR count). The van der Waals surface area contributed by atoms with Crippen LogP contribution in [0, 0.1) is 6.92 Å². The topological polar surface area (TPSA) is 64.6 Å². The summed E-state index contributed by atoms with van der Waals surface area (Å²) >= 11 is 1.18. The Labute approximate surface area is 128 Å². The number of methoxy groups -OCH3 is 1. The van der Waals surface area contributed by atoms with Crippen molar-refractivity contribution >= 4 is 21.4 Å². The summed E-state index contributed by atoms with van der Waals surface area (Å²) in [6, 6.07) is 8.85. The normalized spacial score (nSPS) is 11.3. The van der Waals surface area contributed by atoms with Crippen molar-refractivity contribution in [3.8, 4) is 11.5 Å². The lowest BCUT2D eigenvalue weighted by atomic mass is 10.2. The van der Waals surface area contributed by atoms with E-state index in [0.717, 1.165) is 5.56 Å². The highest BCUT2D eigenvalue weighted by molar-refractivity contribution is 7.91. The van der Waals surface area contributed by atoms with Gasteiger partial charge in [0.2, 0.25) is 10.0 Å². The number of ether oxygens (including phenoxy) is 2. The van der Waals surface area contributed by atoms with E-state index in [0.29, 0.717) is 15.7 Å². The maximum absolute atomic E-state index is 11.9. The molecule has 0 unspecified atom stereocenters. The lowest BCUT2D eigenvalue weighted by Gasteiger charge is -2.11. The third kappa shape index (κ3) is 4.20. The van der Waals surface area contributed by atoms with Crippen molar-refractivity contribution in [2.45, 2.75) is 11.1 Å². The molecule has 21 heavy (non-hydrogen) atoms. The Morgan fingerprint density at radius 3 is 2.71 bits per heavy atom.